The Bertz CT molecular complexity index is 325. The van der Waals surface area contributed by atoms with Crippen molar-refractivity contribution < 1.29 is 9.47 Å². The molecule has 1 aromatic rings. The lowest BCUT2D eigenvalue weighted by molar-refractivity contribution is 0.0772. The van der Waals surface area contributed by atoms with Gasteiger partial charge in [-0.25, -0.2) is 0 Å². The van der Waals surface area contributed by atoms with Gasteiger partial charge in [0.05, 0.1) is 31.2 Å². The maximum absolute atomic E-state index is 5.62. The maximum atomic E-state index is 5.62. The zero-order valence-corrected chi connectivity index (χ0v) is 9.39. The number of pyridine rings is 1. The molecular formula is C12H18N2O2. The van der Waals surface area contributed by atoms with Crippen molar-refractivity contribution in [2.24, 2.45) is 11.7 Å². The standard InChI is InChI=1S/C12H18N2O2/c13-6-11-2-1-3-12(14-11)9-16-8-10-4-5-15-7-10/h1-3,10H,4-9,13H2. The highest BCUT2D eigenvalue weighted by molar-refractivity contribution is 5.10. The lowest BCUT2D eigenvalue weighted by atomic mass is 10.1. The molecule has 0 saturated carbocycles. The second kappa shape index (κ2) is 5.94. The van der Waals surface area contributed by atoms with Crippen LogP contribution in [0.15, 0.2) is 18.2 Å². The van der Waals surface area contributed by atoms with Crippen LogP contribution in [0.5, 0.6) is 0 Å². The molecule has 0 bridgehead atoms. The van der Waals surface area contributed by atoms with Crippen molar-refractivity contribution in [3.63, 3.8) is 0 Å². The molecular weight excluding hydrogens is 204 g/mol. The van der Waals surface area contributed by atoms with Gasteiger partial charge in [0, 0.05) is 19.1 Å². The average molecular weight is 222 g/mol. The van der Waals surface area contributed by atoms with Gasteiger partial charge >= 0.3 is 0 Å². The number of hydrogen-bond donors (Lipinski definition) is 1. The Morgan fingerprint density at radius 1 is 1.44 bits per heavy atom. The molecule has 0 aliphatic carbocycles. The van der Waals surface area contributed by atoms with E-state index in [-0.39, 0.29) is 0 Å². The van der Waals surface area contributed by atoms with Gasteiger partial charge in [0.1, 0.15) is 0 Å². The zero-order chi connectivity index (χ0) is 11.2. The van der Waals surface area contributed by atoms with E-state index in [1.54, 1.807) is 0 Å². The van der Waals surface area contributed by atoms with Crippen LogP contribution in [0.3, 0.4) is 0 Å². The predicted octanol–water partition coefficient (Wildman–Crippen LogP) is 1.09. The Balaban J connectivity index is 1.75. The average Bonchev–Trinajstić information content (AvgIpc) is 2.82. The molecule has 1 aromatic heterocycles. The van der Waals surface area contributed by atoms with Crippen molar-refractivity contribution >= 4 is 0 Å². The first-order valence-corrected chi connectivity index (χ1v) is 5.69. The van der Waals surface area contributed by atoms with Crippen molar-refractivity contribution in [3.8, 4) is 0 Å². The molecule has 0 aromatic carbocycles. The quantitative estimate of drug-likeness (QED) is 0.810. The molecule has 2 N–H and O–H groups in total. The van der Waals surface area contributed by atoms with Crippen molar-refractivity contribution in [2.75, 3.05) is 19.8 Å². The van der Waals surface area contributed by atoms with Crippen LogP contribution in [-0.4, -0.2) is 24.8 Å². The Kier molecular flexibility index (Phi) is 4.27. The SMILES string of the molecule is NCc1cccc(COCC2CCOC2)n1. The van der Waals surface area contributed by atoms with Crippen LogP contribution >= 0.6 is 0 Å². The van der Waals surface area contributed by atoms with Crippen LogP contribution in [0.4, 0.5) is 0 Å². The molecule has 0 radical (unpaired) electrons. The minimum Gasteiger partial charge on any atom is -0.381 e. The van der Waals surface area contributed by atoms with E-state index in [0.717, 1.165) is 37.6 Å². The monoisotopic (exact) mass is 222 g/mol. The van der Waals surface area contributed by atoms with Gasteiger partial charge in [-0.3, -0.25) is 4.98 Å². The first kappa shape index (κ1) is 11.5. The van der Waals surface area contributed by atoms with Crippen LogP contribution in [0.2, 0.25) is 0 Å². The predicted molar refractivity (Wildman–Crippen MR) is 60.7 cm³/mol. The molecule has 1 unspecified atom stereocenters. The minimum atomic E-state index is 0.476. The number of nitrogens with two attached hydrogens (primary N) is 1. The van der Waals surface area contributed by atoms with Gasteiger partial charge < -0.3 is 15.2 Å². The third-order valence-electron chi connectivity index (χ3n) is 2.70. The molecule has 1 atom stereocenters. The number of hydrogen-bond acceptors (Lipinski definition) is 4. The van der Waals surface area contributed by atoms with E-state index in [2.05, 4.69) is 4.98 Å². The molecule has 1 aliphatic heterocycles. The van der Waals surface area contributed by atoms with E-state index in [4.69, 9.17) is 15.2 Å². The van der Waals surface area contributed by atoms with Crippen LogP contribution in [0, 0.1) is 5.92 Å². The molecule has 88 valence electrons. The highest BCUT2D eigenvalue weighted by Gasteiger charge is 2.15. The summed E-state index contributed by atoms with van der Waals surface area (Å²) in [5.74, 6) is 0.553. The van der Waals surface area contributed by atoms with Crippen molar-refractivity contribution in [3.05, 3.63) is 29.6 Å². The normalized spacial score (nSPS) is 20.2. The van der Waals surface area contributed by atoms with E-state index in [0.29, 0.717) is 19.1 Å². The zero-order valence-electron chi connectivity index (χ0n) is 9.39. The van der Waals surface area contributed by atoms with Crippen molar-refractivity contribution in [2.45, 2.75) is 19.6 Å². The van der Waals surface area contributed by atoms with Crippen LogP contribution in [0.25, 0.3) is 0 Å². The summed E-state index contributed by atoms with van der Waals surface area (Å²) in [6.45, 7) is 3.49. The van der Waals surface area contributed by atoms with E-state index in [1.165, 1.54) is 0 Å². The molecule has 2 heterocycles. The van der Waals surface area contributed by atoms with E-state index >= 15 is 0 Å². The topological polar surface area (TPSA) is 57.4 Å². The fourth-order valence-electron chi connectivity index (χ4n) is 1.77. The molecule has 4 heteroatoms. The van der Waals surface area contributed by atoms with Gasteiger partial charge in [-0.05, 0) is 18.6 Å². The summed E-state index contributed by atoms with van der Waals surface area (Å²) in [7, 11) is 0. The van der Waals surface area contributed by atoms with Gasteiger partial charge in [-0.1, -0.05) is 6.07 Å². The van der Waals surface area contributed by atoms with Gasteiger partial charge in [0.15, 0.2) is 0 Å². The highest BCUT2D eigenvalue weighted by atomic mass is 16.5. The van der Waals surface area contributed by atoms with Crippen molar-refractivity contribution in [1.29, 1.82) is 0 Å². The second-order valence-electron chi connectivity index (χ2n) is 4.07. The molecule has 0 amide bonds. The lowest BCUT2D eigenvalue weighted by Crippen LogP contribution is -2.10. The molecule has 1 fully saturated rings. The van der Waals surface area contributed by atoms with E-state index in [1.807, 2.05) is 18.2 Å². The Hall–Kier alpha value is -0.970. The minimum absolute atomic E-state index is 0.476. The molecule has 0 spiro atoms. The summed E-state index contributed by atoms with van der Waals surface area (Å²) < 4.78 is 10.9. The number of rotatable bonds is 5. The maximum Gasteiger partial charge on any atom is 0.0888 e. The van der Waals surface area contributed by atoms with Crippen LogP contribution < -0.4 is 5.73 Å². The van der Waals surface area contributed by atoms with E-state index in [9.17, 15) is 0 Å². The summed E-state index contributed by atoms with van der Waals surface area (Å²) in [6, 6.07) is 5.85. The Labute approximate surface area is 95.8 Å². The summed E-state index contributed by atoms with van der Waals surface area (Å²) in [5.41, 5.74) is 7.38. The first-order valence-electron chi connectivity index (χ1n) is 5.69. The fraction of sp³-hybridized carbons (Fsp3) is 0.583. The third kappa shape index (κ3) is 3.27. The Morgan fingerprint density at radius 3 is 3.06 bits per heavy atom. The number of nitrogens with zero attached hydrogens (tertiary/aromatic N) is 1. The summed E-state index contributed by atoms with van der Waals surface area (Å²) in [4.78, 5) is 4.37. The fourth-order valence-corrected chi connectivity index (χ4v) is 1.77. The lowest BCUT2D eigenvalue weighted by Gasteiger charge is -2.08. The van der Waals surface area contributed by atoms with Gasteiger partial charge in [0.25, 0.3) is 0 Å². The molecule has 1 aliphatic rings. The van der Waals surface area contributed by atoms with Crippen LogP contribution in [0.1, 0.15) is 17.8 Å². The van der Waals surface area contributed by atoms with Crippen molar-refractivity contribution in [1.82, 2.24) is 4.98 Å². The molecule has 4 nitrogen and oxygen atoms in total. The van der Waals surface area contributed by atoms with Gasteiger partial charge in [-0.15, -0.1) is 0 Å². The summed E-state index contributed by atoms with van der Waals surface area (Å²) in [5, 5.41) is 0. The van der Waals surface area contributed by atoms with Crippen LogP contribution in [-0.2, 0) is 22.6 Å². The molecule has 1 saturated heterocycles. The first-order chi connectivity index (χ1) is 7.88. The summed E-state index contributed by atoms with van der Waals surface area (Å²) >= 11 is 0. The number of ether oxygens (including phenoxy) is 2. The largest absolute Gasteiger partial charge is 0.381 e. The Morgan fingerprint density at radius 2 is 2.31 bits per heavy atom. The number of aromatic nitrogens is 1. The van der Waals surface area contributed by atoms with Gasteiger partial charge in [-0.2, -0.15) is 0 Å². The smallest absolute Gasteiger partial charge is 0.0888 e. The molecule has 16 heavy (non-hydrogen) atoms. The second-order valence-corrected chi connectivity index (χ2v) is 4.07. The molecule has 2 rings (SSSR count). The van der Waals surface area contributed by atoms with Gasteiger partial charge in [0.2, 0.25) is 0 Å². The summed E-state index contributed by atoms with van der Waals surface area (Å²) in [6.07, 6.45) is 1.11. The highest BCUT2D eigenvalue weighted by Crippen LogP contribution is 2.13. The third-order valence-corrected chi connectivity index (χ3v) is 2.70. The van der Waals surface area contributed by atoms with E-state index < -0.39 is 0 Å².